The Bertz CT molecular complexity index is 781. The standard InChI is InChI=1S/C15H14N2O2/c1-9-3-4-10-11(8-17(2)14(10)7-9)12-5-6-13(16-12)15(18)19/h3-8,16H,1-2H3,(H,18,19). The molecule has 0 atom stereocenters. The van der Waals surface area contributed by atoms with Gasteiger partial charge in [-0.05, 0) is 30.7 Å². The molecule has 2 heterocycles. The maximum absolute atomic E-state index is 10.9. The molecule has 1 aromatic carbocycles. The molecule has 0 saturated carbocycles. The third-order valence-electron chi connectivity index (χ3n) is 3.35. The number of aromatic amines is 1. The van der Waals surface area contributed by atoms with E-state index in [0.717, 1.165) is 22.2 Å². The van der Waals surface area contributed by atoms with Gasteiger partial charge in [0.15, 0.2) is 0 Å². The summed E-state index contributed by atoms with van der Waals surface area (Å²) in [6, 6.07) is 9.65. The molecule has 0 fully saturated rings. The van der Waals surface area contributed by atoms with Gasteiger partial charge in [-0.2, -0.15) is 0 Å². The zero-order valence-corrected chi connectivity index (χ0v) is 10.8. The summed E-state index contributed by atoms with van der Waals surface area (Å²) in [5.74, 6) is -0.942. The summed E-state index contributed by atoms with van der Waals surface area (Å²) < 4.78 is 2.05. The van der Waals surface area contributed by atoms with E-state index < -0.39 is 5.97 Å². The molecule has 0 saturated heterocycles. The van der Waals surface area contributed by atoms with Crippen molar-refractivity contribution in [2.75, 3.05) is 0 Å². The van der Waals surface area contributed by atoms with E-state index in [1.54, 1.807) is 12.1 Å². The fourth-order valence-electron chi connectivity index (χ4n) is 2.39. The van der Waals surface area contributed by atoms with Crippen LogP contribution >= 0.6 is 0 Å². The highest BCUT2D eigenvalue weighted by atomic mass is 16.4. The van der Waals surface area contributed by atoms with E-state index >= 15 is 0 Å². The number of aromatic carboxylic acids is 1. The van der Waals surface area contributed by atoms with Gasteiger partial charge < -0.3 is 14.7 Å². The third kappa shape index (κ3) is 1.81. The second-order valence-electron chi connectivity index (χ2n) is 4.77. The quantitative estimate of drug-likeness (QED) is 0.738. The van der Waals surface area contributed by atoms with Crippen LogP contribution in [0.2, 0.25) is 0 Å². The van der Waals surface area contributed by atoms with Crippen molar-refractivity contribution in [3.63, 3.8) is 0 Å². The van der Waals surface area contributed by atoms with Crippen LogP contribution < -0.4 is 0 Å². The molecule has 0 aliphatic heterocycles. The molecule has 2 aromatic heterocycles. The van der Waals surface area contributed by atoms with Crippen LogP contribution in [0.4, 0.5) is 0 Å². The summed E-state index contributed by atoms with van der Waals surface area (Å²) in [5.41, 5.74) is 4.40. The van der Waals surface area contributed by atoms with Crippen LogP contribution in [0.25, 0.3) is 22.2 Å². The van der Waals surface area contributed by atoms with Crippen LogP contribution in [-0.2, 0) is 7.05 Å². The number of H-pyrrole nitrogens is 1. The van der Waals surface area contributed by atoms with Gasteiger partial charge in [-0.25, -0.2) is 4.79 Å². The molecule has 4 heteroatoms. The van der Waals surface area contributed by atoms with Gasteiger partial charge in [-0.1, -0.05) is 12.1 Å². The van der Waals surface area contributed by atoms with Crippen LogP contribution in [-0.4, -0.2) is 20.6 Å². The van der Waals surface area contributed by atoms with E-state index in [2.05, 4.69) is 34.7 Å². The first-order valence-electron chi connectivity index (χ1n) is 6.04. The summed E-state index contributed by atoms with van der Waals surface area (Å²) in [5, 5.41) is 10.1. The number of carbonyl (C=O) groups is 1. The van der Waals surface area contributed by atoms with Crippen molar-refractivity contribution in [2.45, 2.75) is 6.92 Å². The van der Waals surface area contributed by atoms with Gasteiger partial charge in [-0.3, -0.25) is 0 Å². The van der Waals surface area contributed by atoms with Gasteiger partial charge in [0.25, 0.3) is 0 Å². The monoisotopic (exact) mass is 254 g/mol. The predicted octanol–water partition coefficient (Wildman–Crippen LogP) is 3.18. The second kappa shape index (κ2) is 4.02. The Labute approximate surface area is 110 Å². The summed E-state index contributed by atoms with van der Waals surface area (Å²) in [7, 11) is 1.99. The van der Waals surface area contributed by atoms with E-state index in [1.807, 2.05) is 13.2 Å². The molecule has 0 spiro atoms. The van der Waals surface area contributed by atoms with Gasteiger partial charge in [-0.15, -0.1) is 0 Å². The lowest BCUT2D eigenvalue weighted by Crippen LogP contribution is -1.95. The molecular formula is C15H14N2O2. The number of benzene rings is 1. The molecule has 2 N–H and O–H groups in total. The van der Waals surface area contributed by atoms with Crippen molar-refractivity contribution >= 4 is 16.9 Å². The van der Waals surface area contributed by atoms with Crippen molar-refractivity contribution < 1.29 is 9.90 Å². The first-order valence-corrected chi connectivity index (χ1v) is 6.04. The number of rotatable bonds is 2. The minimum absolute atomic E-state index is 0.208. The minimum atomic E-state index is -0.942. The normalized spacial score (nSPS) is 11.1. The number of nitrogens with zero attached hydrogens (tertiary/aromatic N) is 1. The predicted molar refractivity (Wildman–Crippen MR) is 74.4 cm³/mol. The zero-order chi connectivity index (χ0) is 13.6. The van der Waals surface area contributed by atoms with Crippen LogP contribution in [0, 0.1) is 6.92 Å². The summed E-state index contributed by atoms with van der Waals surface area (Å²) in [6.07, 6.45) is 2.02. The maximum atomic E-state index is 10.9. The van der Waals surface area contributed by atoms with E-state index in [9.17, 15) is 4.79 Å². The topological polar surface area (TPSA) is 58.0 Å². The van der Waals surface area contributed by atoms with E-state index in [4.69, 9.17) is 5.11 Å². The number of nitrogens with one attached hydrogen (secondary N) is 1. The SMILES string of the molecule is Cc1ccc2c(-c3ccc(C(=O)O)[nH]3)cn(C)c2c1. The van der Waals surface area contributed by atoms with Crippen LogP contribution in [0.3, 0.4) is 0 Å². The zero-order valence-electron chi connectivity index (χ0n) is 10.8. The molecule has 4 nitrogen and oxygen atoms in total. The molecule has 19 heavy (non-hydrogen) atoms. The molecule has 0 amide bonds. The lowest BCUT2D eigenvalue weighted by atomic mass is 10.1. The Morgan fingerprint density at radius 2 is 2.05 bits per heavy atom. The maximum Gasteiger partial charge on any atom is 0.352 e. The molecule has 3 aromatic rings. The number of aryl methyl sites for hydroxylation is 2. The van der Waals surface area contributed by atoms with Crippen LogP contribution in [0.1, 0.15) is 16.1 Å². The molecule has 0 aliphatic carbocycles. The van der Waals surface area contributed by atoms with Gasteiger partial charge in [0, 0.05) is 35.4 Å². The van der Waals surface area contributed by atoms with Gasteiger partial charge in [0.05, 0.1) is 0 Å². The van der Waals surface area contributed by atoms with Crippen LogP contribution in [0.5, 0.6) is 0 Å². The van der Waals surface area contributed by atoms with E-state index in [0.29, 0.717) is 0 Å². The average Bonchev–Trinajstić information content (AvgIpc) is 2.95. The highest BCUT2D eigenvalue weighted by Gasteiger charge is 2.12. The summed E-state index contributed by atoms with van der Waals surface area (Å²) in [6.45, 7) is 2.06. The highest BCUT2D eigenvalue weighted by Crippen LogP contribution is 2.30. The molecule has 0 bridgehead atoms. The lowest BCUT2D eigenvalue weighted by molar-refractivity contribution is 0.0691. The fourth-order valence-corrected chi connectivity index (χ4v) is 2.39. The number of hydrogen-bond acceptors (Lipinski definition) is 1. The highest BCUT2D eigenvalue weighted by molar-refractivity contribution is 5.96. The Morgan fingerprint density at radius 3 is 2.74 bits per heavy atom. The molecule has 3 rings (SSSR count). The van der Waals surface area contributed by atoms with Crippen molar-refractivity contribution in [2.24, 2.45) is 7.05 Å². The van der Waals surface area contributed by atoms with Gasteiger partial charge in [0.2, 0.25) is 0 Å². The van der Waals surface area contributed by atoms with Crippen LogP contribution in [0.15, 0.2) is 36.5 Å². The summed E-state index contributed by atoms with van der Waals surface area (Å²) >= 11 is 0. The van der Waals surface area contributed by atoms with Crippen molar-refractivity contribution in [1.29, 1.82) is 0 Å². The Balaban J connectivity index is 2.22. The second-order valence-corrected chi connectivity index (χ2v) is 4.77. The number of fused-ring (bicyclic) bond motifs is 1. The van der Waals surface area contributed by atoms with Crippen molar-refractivity contribution in [1.82, 2.24) is 9.55 Å². The molecule has 0 radical (unpaired) electrons. The molecule has 0 unspecified atom stereocenters. The number of aromatic nitrogens is 2. The Morgan fingerprint density at radius 1 is 1.26 bits per heavy atom. The third-order valence-corrected chi connectivity index (χ3v) is 3.35. The molecular weight excluding hydrogens is 240 g/mol. The fraction of sp³-hybridized carbons (Fsp3) is 0.133. The largest absolute Gasteiger partial charge is 0.477 e. The first-order chi connectivity index (χ1) is 9.06. The molecule has 0 aliphatic rings. The average molecular weight is 254 g/mol. The Kier molecular flexibility index (Phi) is 2.45. The van der Waals surface area contributed by atoms with Gasteiger partial charge >= 0.3 is 5.97 Å². The number of carboxylic acid groups (broad SMARTS) is 1. The number of carboxylic acids is 1. The first kappa shape index (κ1) is 11.6. The lowest BCUT2D eigenvalue weighted by Gasteiger charge is -1.98. The van der Waals surface area contributed by atoms with E-state index in [-0.39, 0.29) is 5.69 Å². The smallest absolute Gasteiger partial charge is 0.352 e. The van der Waals surface area contributed by atoms with Crippen molar-refractivity contribution in [3.8, 4) is 11.3 Å². The van der Waals surface area contributed by atoms with E-state index in [1.165, 1.54) is 5.56 Å². The van der Waals surface area contributed by atoms with Crippen molar-refractivity contribution in [3.05, 3.63) is 47.8 Å². The summed E-state index contributed by atoms with van der Waals surface area (Å²) in [4.78, 5) is 13.9. The Hall–Kier alpha value is -2.49. The minimum Gasteiger partial charge on any atom is -0.477 e. The number of hydrogen-bond donors (Lipinski definition) is 2. The van der Waals surface area contributed by atoms with Gasteiger partial charge in [0.1, 0.15) is 5.69 Å². The molecule has 96 valence electrons.